The molecule has 0 spiro atoms. The zero-order valence-corrected chi connectivity index (χ0v) is 11.2. The van der Waals surface area contributed by atoms with Crippen molar-refractivity contribution in [1.82, 2.24) is 13.8 Å². The molecule has 18 heavy (non-hydrogen) atoms. The largest absolute Gasteiger partial charge is 0.359 e. The van der Waals surface area contributed by atoms with E-state index in [0.717, 1.165) is 10.9 Å². The molecule has 2 aromatic rings. The van der Waals surface area contributed by atoms with E-state index >= 15 is 0 Å². The monoisotopic (exact) mass is 287 g/mol. The fourth-order valence-electron chi connectivity index (χ4n) is 1.55. The molecule has 0 unspecified atom stereocenters. The summed E-state index contributed by atoms with van der Waals surface area (Å²) in [4.78, 5) is 11.8. The summed E-state index contributed by atoms with van der Waals surface area (Å²) < 4.78 is 24.9. The second-order valence-corrected chi connectivity index (χ2v) is 5.98. The highest BCUT2D eigenvalue weighted by Crippen LogP contribution is 2.25. The lowest BCUT2D eigenvalue weighted by atomic mass is 10.2. The molecule has 6 nitrogen and oxygen atoms in total. The third kappa shape index (κ3) is 2.06. The first-order valence-electron chi connectivity index (χ1n) is 4.94. The van der Waals surface area contributed by atoms with Gasteiger partial charge in [-0.25, -0.2) is 17.9 Å². The maximum atomic E-state index is 11.8. The van der Waals surface area contributed by atoms with E-state index in [2.05, 4.69) is 5.10 Å². The topological polar surface area (TPSA) is 74.0 Å². The third-order valence-electron chi connectivity index (χ3n) is 2.33. The smallest absolute Gasteiger partial charge is 0.245 e. The molecule has 0 bridgehead atoms. The minimum atomic E-state index is -3.75. The number of aromatic nitrogens is 3. The van der Waals surface area contributed by atoms with E-state index in [-0.39, 0.29) is 5.82 Å². The highest BCUT2D eigenvalue weighted by Gasteiger charge is 2.21. The van der Waals surface area contributed by atoms with E-state index in [1.54, 1.807) is 24.3 Å². The average molecular weight is 288 g/mol. The van der Waals surface area contributed by atoms with Crippen LogP contribution in [0.2, 0.25) is 5.02 Å². The molecule has 0 atom stereocenters. The molecule has 0 aliphatic carbocycles. The van der Waals surface area contributed by atoms with Crippen LogP contribution >= 0.6 is 11.6 Å². The van der Waals surface area contributed by atoms with Gasteiger partial charge in [0.15, 0.2) is 5.82 Å². The van der Waals surface area contributed by atoms with Gasteiger partial charge in [-0.05, 0) is 12.1 Å². The molecule has 0 radical (unpaired) electrons. The molecule has 1 aromatic carbocycles. The van der Waals surface area contributed by atoms with Crippen molar-refractivity contribution in [2.75, 3.05) is 6.26 Å². The van der Waals surface area contributed by atoms with Gasteiger partial charge < -0.3 is 0 Å². The Balaban J connectivity index is 2.87. The molecule has 8 heteroatoms. The van der Waals surface area contributed by atoms with Crippen LogP contribution in [0.5, 0.6) is 0 Å². The number of halogens is 1. The fraction of sp³-hybridized carbons (Fsp3) is 0.200. The molecule has 96 valence electrons. The Morgan fingerprint density at radius 3 is 2.44 bits per heavy atom. The van der Waals surface area contributed by atoms with Crippen molar-refractivity contribution in [2.24, 2.45) is 7.05 Å². The van der Waals surface area contributed by atoms with Gasteiger partial charge in [-0.2, -0.15) is 3.97 Å². The van der Waals surface area contributed by atoms with Crippen molar-refractivity contribution in [3.05, 3.63) is 39.8 Å². The molecule has 0 amide bonds. The number of rotatable bonds is 2. The maximum absolute atomic E-state index is 11.8. The third-order valence-corrected chi connectivity index (χ3v) is 3.66. The Morgan fingerprint density at radius 1 is 1.28 bits per heavy atom. The Kier molecular flexibility index (Phi) is 3.04. The lowest BCUT2D eigenvalue weighted by molar-refractivity contribution is 0.590. The predicted molar refractivity (Wildman–Crippen MR) is 68.2 cm³/mol. The summed E-state index contributed by atoms with van der Waals surface area (Å²) in [5.41, 5.74) is -0.338. The second-order valence-electron chi connectivity index (χ2n) is 3.74. The quantitative estimate of drug-likeness (QED) is 0.815. The van der Waals surface area contributed by atoms with Crippen molar-refractivity contribution in [3.8, 4) is 11.4 Å². The van der Waals surface area contributed by atoms with Crippen molar-refractivity contribution in [2.45, 2.75) is 0 Å². The van der Waals surface area contributed by atoms with Crippen LogP contribution in [0.3, 0.4) is 0 Å². The van der Waals surface area contributed by atoms with Crippen LogP contribution in [0.25, 0.3) is 11.4 Å². The van der Waals surface area contributed by atoms with Gasteiger partial charge in [0.05, 0.1) is 11.3 Å². The maximum Gasteiger partial charge on any atom is 0.359 e. The molecule has 0 aliphatic rings. The SMILES string of the molecule is Cn1nc(-c2ccccc2Cl)n(S(C)(=O)=O)c1=O. The fourth-order valence-corrected chi connectivity index (χ4v) is 2.62. The molecule has 0 saturated heterocycles. The molecular weight excluding hydrogens is 278 g/mol. The van der Waals surface area contributed by atoms with Crippen LogP contribution in [0.1, 0.15) is 0 Å². The number of aryl methyl sites for hydroxylation is 1. The van der Waals surface area contributed by atoms with Crippen LogP contribution in [0.4, 0.5) is 0 Å². The Labute approximate surface area is 108 Å². The van der Waals surface area contributed by atoms with E-state index < -0.39 is 15.7 Å². The van der Waals surface area contributed by atoms with Crippen molar-refractivity contribution in [1.29, 1.82) is 0 Å². The number of hydrogen-bond acceptors (Lipinski definition) is 4. The summed E-state index contributed by atoms with van der Waals surface area (Å²) in [6, 6.07) is 6.60. The molecule has 0 saturated carbocycles. The van der Waals surface area contributed by atoms with Gasteiger partial charge in [-0.1, -0.05) is 23.7 Å². The minimum Gasteiger partial charge on any atom is -0.245 e. The Bertz CT molecular complexity index is 761. The lowest BCUT2D eigenvalue weighted by Crippen LogP contribution is -2.28. The van der Waals surface area contributed by atoms with Crippen LogP contribution in [-0.2, 0) is 17.1 Å². The number of benzene rings is 1. The summed E-state index contributed by atoms with van der Waals surface area (Å²) in [6.07, 6.45) is 0.941. The van der Waals surface area contributed by atoms with E-state index in [1.807, 2.05) is 0 Å². The minimum absolute atomic E-state index is 0.00981. The summed E-state index contributed by atoms with van der Waals surface area (Å²) in [5, 5.41) is 4.24. The van der Waals surface area contributed by atoms with Crippen molar-refractivity contribution in [3.63, 3.8) is 0 Å². The molecule has 1 heterocycles. The van der Waals surface area contributed by atoms with Gasteiger partial charge in [0.25, 0.3) is 0 Å². The zero-order valence-electron chi connectivity index (χ0n) is 9.66. The first kappa shape index (κ1) is 12.8. The molecule has 0 fully saturated rings. The lowest BCUT2D eigenvalue weighted by Gasteiger charge is -2.04. The predicted octanol–water partition coefficient (Wildman–Crippen LogP) is 0.710. The van der Waals surface area contributed by atoms with Gasteiger partial charge in [-0.15, -0.1) is 5.10 Å². The summed E-state index contributed by atoms with van der Waals surface area (Å²) in [5.74, 6) is 0.00981. The number of nitrogens with zero attached hydrogens (tertiary/aromatic N) is 3. The van der Waals surface area contributed by atoms with Gasteiger partial charge in [0.2, 0.25) is 10.0 Å². The van der Waals surface area contributed by atoms with E-state index in [9.17, 15) is 13.2 Å². The van der Waals surface area contributed by atoms with Crippen molar-refractivity contribution >= 4 is 21.6 Å². The van der Waals surface area contributed by atoms with E-state index in [4.69, 9.17) is 11.6 Å². The average Bonchev–Trinajstić information content (AvgIpc) is 2.55. The summed E-state index contributed by atoms with van der Waals surface area (Å²) in [7, 11) is -2.37. The highest BCUT2D eigenvalue weighted by molar-refractivity contribution is 7.89. The first-order chi connectivity index (χ1) is 8.32. The second kappa shape index (κ2) is 4.25. The van der Waals surface area contributed by atoms with Crippen molar-refractivity contribution < 1.29 is 8.42 Å². The Hall–Kier alpha value is -1.60. The molecule has 0 N–H and O–H groups in total. The zero-order chi connectivity index (χ0) is 13.5. The molecular formula is C10H10ClN3O3S. The van der Waals surface area contributed by atoms with E-state index in [0.29, 0.717) is 14.6 Å². The van der Waals surface area contributed by atoms with Gasteiger partial charge in [0.1, 0.15) is 0 Å². The van der Waals surface area contributed by atoms with Gasteiger partial charge in [-0.3, -0.25) is 0 Å². The molecule has 1 aromatic heterocycles. The van der Waals surface area contributed by atoms with Gasteiger partial charge in [0, 0.05) is 12.6 Å². The van der Waals surface area contributed by atoms with Gasteiger partial charge >= 0.3 is 5.69 Å². The molecule has 2 rings (SSSR count). The normalized spacial score (nSPS) is 11.7. The van der Waals surface area contributed by atoms with E-state index in [1.165, 1.54) is 7.05 Å². The van der Waals surface area contributed by atoms with Crippen LogP contribution in [0.15, 0.2) is 29.1 Å². The van der Waals surface area contributed by atoms with Crippen LogP contribution < -0.4 is 5.69 Å². The highest BCUT2D eigenvalue weighted by atomic mass is 35.5. The number of hydrogen-bond donors (Lipinski definition) is 0. The standard InChI is InChI=1S/C10H10ClN3O3S/c1-13-10(15)14(18(2,16)17)9(12-13)7-5-3-4-6-8(7)11/h3-6H,1-2H3. The summed E-state index contributed by atoms with van der Waals surface area (Å²) >= 11 is 5.98. The Morgan fingerprint density at radius 2 is 1.89 bits per heavy atom. The van der Waals surface area contributed by atoms with Crippen LogP contribution in [-0.4, -0.2) is 28.4 Å². The first-order valence-corrected chi connectivity index (χ1v) is 7.16. The van der Waals surface area contributed by atoms with Crippen LogP contribution in [0, 0.1) is 0 Å². The summed E-state index contributed by atoms with van der Waals surface area (Å²) in [6.45, 7) is 0. The molecule has 0 aliphatic heterocycles.